The van der Waals surface area contributed by atoms with Crippen molar-refractivity contribution in [1.82, 2.24) is 5.32 Å². The van der Waals surface area contributed by atoms with Gasteiger partial charge in [0, 0.05) is 18.2 Å². The summed E-state index contributed by atoms with van der Waals surface area (Å²) in [6.45, 7) is 1.91. The molecule has 2 aromatic carbocycles. The molecule has 0 spiro atoms. The summed E-state index contributed by atoms with van der Waals surface area (Å²) < 4.78 is 40.8. The van der Waals surface area contributed by atoms with Crippen LogP contribution in [0.3, 0.4) is 0 Å². The molecular weight excluding hydrogens is 382 g/mol. The van der Waals surface area contributed by atoms with Gasteiger partial charge in [-0.2, -0.15) is 0 Å². The molecule has 0 aromatic heterocycles. The average molecular weight is 407 g/mol. The largest absolute Gasteiger partial charge is 0.496 e. The Labute approximate surface area is 165 Å². The molecule has 0 fully saturated rings. The number of rotatable bonds is 9. The summed E-state index contributed by atoms with van der Waals surface area (Å²) in [5.41, 5.74) is 0.790. The first kappa shape index (κ1) is 21.6. The van der Waals surface area contributed by atoms with E-state index >= 15 is 0 Å². The van der Waals surface area contributed by atoms with Crippen LogP contribution in [0, 0.1) is 0 Å². The summed E-state index contributed by atoms with van der Waals surface area (Å²) in [5.74, 6) is 1.03. The van der Waals surface area contributed by atoms with Crippen molar-refractivity contribution in [1.29, 1.82) is 0 Å². The van der Waals surface area contributed by atoms with Gasteiger partial charge in [0.15, 0.2) is 21.3 Å². The standard InChI is InChI=1S/C20H25NO6S/c1-5-10-28(23,24)19-9-7-6-8-15(19)20(22)21-13-14-11-17(26-3)18(27-4)12-16(14)25-2/h6-9,11-12H,5,10,13H2,1-4H3,(H,21,22). The second kappa shape index (κ2) is 9.45. The van der Waals surface area contributed by atoms with Gasteiger partial charge in [-0.3, -0.25) is 4.79 Å². The summed E-state index contributed by atoms with van der Waals surface area (Å²) in [6, 6.07) is 9.58. The number of hydrogen-bond donors (Lipinski definition) is 1. The number of methoxy groups -OCH3 is 3. The van der Waals surface area contributed by atoms with E-state index in [0.29, 0.717) is 29.2 Å². The first-order valence-corrected chi connectivity index (χ1v) is 10.4. The van der Waals surface area contributed by atoms with Crippen molar-refractivity contribution in [2.24, 2.45) is 0 Å². The Bertz CT molecular complexity index is 940. The van der Waals surface area contributed by atoms with Crippen LogP contribution in [0.1, 0.15) is 29.3 Å². The molecule has 7 nitrogen and oxygen atoms in total. The number of hydrogen-bond acceptors (Lipinski definition) is 6. The van der Waals surface area contributed by atoms with Crippen LogP contribution in [0.25, 0.3) is 0 Å². The molecule has 1 N–H and O–H groups in total. The minimum absolute atomic E-state index is 0.0131. The van der Waals surface area contributed by atoms with Crippen LogP contribution in [-0.2, 0) is 16.4 Å². The van der Waals surface area contributed by atoms with Crippen LogP contribution in [0.5, 0.6) is 17.2 Å². The van der Waals surface area contributed by atoms with E-state index in [9.17, 15) is 13.2 Å². The van der Waals surface area contributed by atoms with Crippen LogP contribution >= 0.6 is 0 Å². The highest BCUT2D eigenvalue weighted by Crippen LogP contribution is 2.34. The van der Waals surface area contributed by atoms with Gasteiger partial charge in [-0.1, -0.05) is 19.1 Å². The van der Waals surface area contributed by atoms with Gasteiger partial charge in [-0.05, 0) is 24.6 Å². The zero-order valence-corrected chi connectivity index (χ0v) is 17.3. The Morgan fingerprint density at radius 3 is 2.18 bits per heavy atom. The fraction of sp³-hybridized carbons (Fsp3) is 0.350. The molecule has 2 rings (SSSR count). The third-order valence-electron chi connectivity index (χ3n) is 4.17. The minimum Gasteiger partial charge on any atom is -0.496 e. The molecule has 0 saturated heterocycles. The molecule has 0 aliphatic rings. The lowest BCUT2D eigenvalue weighted by Crippen LogP contribution is -2.25. The van der Waals surface area contributed by atoms with Crippen LogP contribution < -0.4 is 19.5 Å². The minimum atomic E-state index is -3.52. The van der Waals surface area contributed by atoms with Gasteiger partial charge >= 0.3 is 0 Å². The Morgan fingerprint density at radius 2 is 1.57 bits per heavy atom. The fourth-order valence-electron chi connectivity index (χ4n) is 2.81. The van der Waals surface area contributed by atoms with Crippen molar-refractivity contribution >= 4 is 15.7 Å². The van der Waals surface area contributed by atoms with E-state index in [2.05, 4.69) is 5.32 Å². The lowest BCUT2D eigenvalue weighted by Gasteiger charge is -2.15. The second-order valence-corrected chi connectivity index (χ2v) is 8.09. The predicted molar refractivity (Wildman–Crippen MR) is 106 cm³/mol. The van der Waals surface area contributed by atoms with E-state index in [1.54, 1.807) is 31.2 Å². The van der Waals surface area contributed by atoms with Crippen molar-refractivity contribution in [2.75, 3.05) is 27.1 Å². The molecule has 0 saturated carbocycles. The van der Waals surface area contributed by atoms with E-state index in [-0.39, 0.29) is 22.8 Å². The quantitative estimate of drug-likeness (QED) is 0.687. The Kier molecular flexibility index (Phi) is 7.28. The smallest absolute Gasteiger partial charge is 0.252 e. The zero-order valence-electron chi connectivity index (χ0n) is 16.4. The highest BCUT2D eigenvalue weighted by molar-refractivity contribution is 7.91. The number of benzene rings is 2. The highest BCUT2D eigenvalue weighted by atomic mass is 32.2. The number of amides is 1. The second-order valence-electron chi connectivity index (χ2n) is 6.02. The van der Waals surface area contributed by atoms with Gasteiger partial charge < -0.3 is 19.5 Å². The summed E-state index contributed by atoms with van der Waals surface area (Å²) >= 11 is 0. The van der Waals surface area contributed by atoms with Gasteiger partial charge in [-0.25, -0.2) is 8.42 Å². The summed E-state index contributed by atoms with van der Waals surface area (Å²) in [7, 11) is 1.03. The first-order chi connectivity index (χ1) is 13.4. The van der Waals surface area contributed by atoms with Crippen LogP contribution in [-0.4, -0.2) is 41.4 Å². The zero-order chi connectivity index (χ0) is 20.7. The van der Waals surface area contributed by atoms with Crippen LogP contribution in [0.15, 0.2) is 41.3 Å². The van der Waals surface area contributed by atoms with E-state index in [0.717, 1.165) is 0 Å². The first-order valence-electron chi connectivity index (χ1n) is 8.76. The maximum atomic E-state index is 12.7. The summed E-state index contributed by atoms with van der Waals surface area (Å²) in [6.07, 6.45) is 0.473. The van der Waals surface area contributed by atoms with Crippen molar-refractivity contribution in [2.45, 2.75) is 24.8 Å². The topological polar surface area (TPSA) is 90.9 Å². The third-order valence-corrected chi connectivity index (χ3v) is 6.14. The molecule has 2 aromatic rings. The molecule has 0 heterocycles. The number of carbonyl (C=O) groups excluding carboxylic acids is 1. The van der Waals surface area contributed by atoms with Gasteiger partial charge in [0.05, 0.1) is 37.5 Å². The lowest BCUT2D eigenvalue weighted by molar-refractivity contribution is 0.0947. The van der Waals surface area contributed by atoms with E-state index in [4.69, 9.17) is 14.2 Å². The maximum Gasteiger partial charge on any atom is 0.252 e. The molecule has 0 radical (unpaired) electrons. The normalized spacial score (nSPS) is 11.0. The predicted octanol–water partition coefficient (Wildman–Crippen LogP) is 2.83. The molecule has 0 aliphatic carbocycles. The van der Waals surface area contributed by atoms with Crippen LogP contribution in [0.2, 0.25) is 0 Å². The van der Waals surface area contributed by atoms with Crippen molar-refractivity contribution in [3.05, 3.63) is 47.5 Å². The van der Waals surface area contributed by atoms with E-state index in [1.165, 1.54) is 33.5 Å². The SMILES string of the molecule is CCCS(=O)(=O)c1ccccc1C(=O)NCc1cc(OC)c(OC)cc1OC. The molecule has 0 unspecified atom stereocenters. The third kappa shape index (κ3) is 4.75. The van der Waals surface area contributed by atoms with Crippen molar-refractivity contribution in [3.63, 3.8) is 0 Å². The van der Waals surface area contributed by atoms with Gasteiger partial charge in [0.1, 0.15) is 5.75 Å². The van der Waals surface area contributed by atoms with Gasteiger partial charge in [0.25, 0.3) is 5.91 Å². The molecule has 1 amide bonds. The lowest BCUT2D eigenvalue weighted by atomic mass is 10.1. The molecule has 152 valence electrons. The monoisotopic (exact) mass is 407 g/mol. The Morgan fingerprint density at radius 1 is 0.964 bits per heavy atom. The molecule has 0 bridgehead atoms. The van der Waals surface area contributed by atoms with E-state index in [1.807, 2.05) is 0 Å². The maximum absolute atomic E-state index is 12.7. The Hall–Kier alpha value is -2.74. The van der Waals surface area contributed by atoms with Gasteiger partial charge in [-0.15, -0.1) is 0 Å². The average Bonchev–Trinajstić information content (AvgIpc) is 2.71. The number of carbonyl (C=O) groups is 1. The van der Waals surface area contributed by atoms with Crippen molar-refractivity contribution in [3.8, 4) is 17.2 Å². The fourth-order valence-corrected chi connectivity index (χ4v) is 4.34. The molecular formula is C20H25NO6S. The van der Waals surface area contributed by atoms with E-state index < -0.39 is 15.7 Å². The van der Waals surface area contributed by atoms with Crippen LogP contribution in [0.4, 0.5) is 0 Å². The summed E-state index contributed by atoms with van der Waals surface area (Å²) in [5, 5.41) is 2.75. The molecule has 28 heavy (non-hydrogen) atoms. The highest BCUT2D eigenvalue weighted by Gasteiger charge is 2.21. The van der Waals surface area contributed by atoms with Gasteiger partial charge in [0.2, 0.25) is 0 Å². The van der Waals surface area contributed by atoms with Crippen molar-refractivity contribution < 1.29 is 27.4 Å². The molecule has 8 heteroatoms. The molecule has 0 aliphatic heterocycles. The number of nitrogens with one attached hydrogen (secondary N) is 1. The number of ether oxygens (including phenoxy) is 3. The molecule has 0 atom stereocenters. The number of sulfone groups is 1. The summed E-state index contributed by atoms with van der Waals surface area (Å²) in [4.78, 5) is 12.7. The Balaban J connectivity index is 2.29.